The monoisotopic (exact) mass is 281 g/mol. The van der Waals surface area contributed by atoms with Crippen molar-refractivity contribution in [1.29, 1.82) is 0 Å². The van der Waals surface area contributed by atoms with Gasteiger partial charge in [0.05, 0.1) is 6.54 Å². The number of amides is 2. The minimum atomic E-state index is 0.143. The molecular formula is C13H19N3O2S. The standard InChI is InChI=1S/C13H19N3O2S/c1-14(9-12-3-2-8-19-12)10-13(18)16-6-4-15(11-17)5-7-16/h2-3,8,11H,4-7,9-10H2,1H3. The van der Waals surface area contributed by atoms with Crippen LogP contribution in [-0.4, -0.2) is 66.8 Å². The summed E-state index contributed by atoms with van der Waals surface area (Å²) in [5, 5.41) is 2.05. The fourth-order valence-electron chi connectivity index (χ4n) is 2.13. The van der Waals surface area contributed by atoms with E-state index in [2.05, 4.69) is 6.07 Å². The predicted molar refractivity (Wildman–Crippen MR) is 74.9 cm³/mol. The zero-order chi connectivity index (χ0) is 13.7. The van der Waals surface area contributed by atoms with Crippen molar-refractivity contribution in [3.8, 4) is 0 Å². The lowest BCUT2D eigenvalue weighted by Gasteiger charge is -2.33. The molecule has 0 N–H and O–H groups in total. The maximum Gasteiger partial charge on any atom is 0.236 e. The number of hydrogen-bond donors (Lipinski definition) is 0. The van der Waals surface area contributed by atoms with Crippen LogP contribution < -0.4 is 0 Å². The van der Waals surface area contributed by atoms with E-state index in [0.29, 0.717) is 32.7 Å². The molecule has 0 spiro atoms. The van der Waals surface area contributed by atoms with Gasteiger partial charge in [-0.2, -0.15) is 0 Å². The summed E-state index contributed by atoms with van der Waals surface area (Å²) < 4.78 is 0. The highest BCUT2D eigenvalue weighted by Crippen LogP contribution is 2.11. The Balaban J connectivity index is 1.76. The summed E-state index contributed by atoms with van der Waals surface area (Å²) in [5.41, 5.74) is 0. The smallest absolute Gasteiger partial charge is 0.236 e. The van der Waals surface area contributed by atoms with Gasteiger partial charge in [-0.3, -0.25) is 14.5 Å². The van der Waals surface area contributed by atoms with Crippen molar-refractivity contribution in [3.05, 3.63) is 22.4 Å². The second kappa shape index (κ2) is 6.68. The molecule has 1 aliphatic rings. The van der Waals surface area contributed by atoms with Crippen LogP contribution >= 0.6 is 11.3 Å². The third-order valence-corrected chi connectivity index (χ3v) is 4.09. The lowest BCUT2D eigenvalue weighted by atomic mass is 10.3. The Morgan fingerprint density at radius 3 is 2.74 bits per heavy atom. The van der Waals surface area contributed by atoms with Crippen LogP contribution in [0.25, 0.3) is 0 Å². The number of rotatable bonds is 5. The Bertz CT molecular complexity index is 414. The van der Waals surface area contributed by atoms with E-state index in [1.165, 1.54) is 4.88 Å². The van der Waals surface area contributed by atoms with Crippen LogP contribution in [0.15, 0.2) is 17.5 Å². The molecular weight excluding hydrogens is 262 g/mol. The van der Waals surface area contributed by atoms with Crippen molar-refractivity contribution in [2.45, 2.75) is 6.54 Å². The summed E-state index contributed by atoms with van der Waals surface area (Å²) in [7, 11) is 1.96. The number of thiophene rings is 1. The SMILES string of the molecule is CN(CC(=O)N1CCN(C=O)CC1)Cc1cccs1. The molecule has 1 aromatic heterocycles. The third kappa shape index (κ3) is 4.04. The zero-order valence-corrected chi connectivity index (χ0v) is 11.9. The zero-order valence-electron chi connectivity index (χ0n) is 11.1. The molecule has 2 amide bonds. The third-order valence-electron chi connectivity index (χ3n) is 3.23. The summed E-state index contributed by atoms with van der Waals surface area (Å²) in [4.78, 5) is 29.6. The fourth-order valence-corrected chi connectivity index (χ4v) is 2.92. The molecule has 0 atom stereocenters. The summed E-state index contributed by atoms with van der Waals surface area (Å²) >= 11 is 1.71. The molecule has 0 aliphatic carbocycles. The largest absolute Gasteiger partial charge is 0.342 e. The minimum absolute atomic E-state index is 0.143. The van der Waals surface area contributed by atoms with Gasteiger partial charge in [0.2, 0.25) is 12.3 Å². The Kier molecular flexibility index (Phi) is 4.93. The van der Waals surface area contributed by atoms with Crippen LogP contribution in [-0.2, 0) is 16.1 Å². The van der Waals surface area contributed by atoms with E-state index >= 15 is 0 Å². The van der Waals surface area contributed by atoms with Gasteiger partial charge in [0.25, 0.3) is 0 Å². The molecule has 1 saturated heterocycles. The normalized spacial score (nSPS) is 15.9. The van der Waals surface area contributed by atoms with E-state index in [1.807, 2.05) is 28.3 Å². The number of hydrogen-bond acceptors (Lipinski definition) is 4. The number of nitrogens with zero attached hydrogens (tertiary/aromatic N) is 3. The first-order chi connectivity index (χ1) is 9.19. The van der Waals surface area contributed by atoms with Crippen molar-refractivity contribution >= 4 is 23.7 Å². The van der Waals surface area contributed by atoms with Crippen molar-refractivity contribution in [2.75, 3.05) is 39.8 Å². The van der Waals surface area contributed by atoms with E-state index in [9.17, 15) is 9.59 Å². The van der Waals surface area contributed by atoms with Gasteiger partial charge >= 0.3 is 0 Å². The van der Waals surface area contributed by atoms with E-state index in [0.717, 1.165) is 13.0 Å². The summed E-state index contributed by atoms with van der Waals surface area (Å²) in [6.07, 6.45) is 0.852. The molecule has 2 heterocycles. The molecule has 2 rings (SSSR count). The van der Waals surface area contributed by atoms with Gasteiger partial charge in [-0.15, -0.1) is 11.3 Å². The average molecular weight is 281 g/mol. The van der Waals surface area contributed by atoms with Gasteiger partial charge in [0.15, 0.2) is 0 Å². The molecule has 6 heteroatoms. The van der Waals surface area contributed by atoms with E-state index in [-0.39, 0.29) is 5.91 Å². The van der Waals surface area contributed by atoms with Crippen molar-refractivity contribution in [2.24, 2.45) is 0 Å². The Morgan fingerprint density at radius 1 is 1.42 bits per heavy atom. The topological polar surface area (TPSA) is 43.9 Å². The molecule has 0 radical (unpaired) electrons. The number of carbonyl (C=O) groups is 2. The predicted octanol–water partition coefficient (Wildman–Crippen LogP) is 0.480. The second-order valence-electron chi connectivity index (χ2n) is 4.77. The molecule has 1 aliphatic heterocycles. The van der Waals surface area contributed by atoms with Crippen molar-refractivity contribution in [1.82, 2.24) is 14.7 Å². The Hall–Kier alpha value is -1.40. The van der Waals surface area contributed by atoms with E-state index in [1.54, 1.807) is 16.2 Å². The molecule has 19 heavy (non-hydrogen) atoms. The summed E-state index contributed by atoms with van der Waals surface area (Å²) in [5.74, 6) is 0.143. The van der Waals surface area contributed by atoms with Crippen LogP contribution in [0.1, 0.15) is 4.88 Å². The van der Waals surface area contributed by atoms with Crippen LogP contribution in [0.4, 0.5) is 0 Å². The maximum absolute atomic E-state index is 12.1. The molecule has 0 saturated carbocycles. The highest BCUT2D eigenvalue weighted by atomic mass is 32.1. The minimum Gasteiger partial charge on any atom is -0.342 e. The Labute approximate surface area is 117 Å². The van der Waals surface area contributed by atoms with Crippen molar-refractivity contribution in [3.63, 3.8) is 0 Å². The lowest BCUT2D eigenvalue weighted by Crippen LogP contribution is -2.50. The quantitative estimate of drug-likeness (QED) is 0.737. The molecule has 5 nitrogen and oxygen atoms in total. The molecule has 104 valence electrons. The lowest BCUT2D eigenvalue weighted by molar-refractivity contribution is -0.136. The van der Waals surface area contributed by atoms with E-state index in [4.69, 9.17) is 0 Å². The average Bonchev–Trinajstić information content (AvgIpc) is 2.91. The van der Waals surface area contributed by atoms with Gasteiger partial charge in [-0.1, -0.05) is 6.07 Å². The van der Waals surface area contributed by atoms with Crippen LogP contribution in [0.2, 0.25) is 0 Å². The highest BCUT2D eigenvalue weighted by Gasteiger charge is 2.20. The fraction of sp³-hybridized carbons (Fsp3) is 0.538. The molecule has 1 fully saturated rings. The van der Waals surface area contributed by atoms with Gasteiger partial charge in [0.1, 0.15) is 0 Å². The van der Waals surface area contributed by atoms with Gasteiger partial charge in [-0.05, 0) is 18.5 Å². The molecule has 0 aromatic carbocycles. The summed E-state index contributed by atoms with van der Waals surface area (Å²) in [6, 6.07) is 4.10. The van der Waals surface area contributed by atoms with Crippen LogP contribution in [0, 0.1) is 0 Å². The van der Waals surface area contributed by atoms with Crippen molar-refractivity contribution < 1.29 is 9.59 Å². The van der Waals surface area contributed by atoms with E-state index < -0.39 is 0 Å². The first kappa shape index (κ1) is 14.0. The molecule has 0 bridgehead atoms. The van der Waals surface area contributed by atoms with Gasteiger partial charge in [0, 0.05) is 37.6 Å². The number of likely N-dealkylation sites (N-methyl/N-ethyl adjacent to an activating group) is 1. The number of piperazine rings is 1. The number of carbonyl (C=O) groups excluding carboxylic acids is 2. The molecule has 1 aromatic rings. The first-order valence-electron chi connectivity index (χ1n) is 6.37. The van der Waals surface area contributed by atoms with Crippen LogP contribution in [0.3, 0.4) is 0 Å². The Morgan fingerprint density at radius 2 is 2.16 bits per heavy atom. The molecule has 0 unspecified atom stereocenters. The summed E-state index contributed by atoms with van der Waals surface area (Å²) in [6.45, 7) is 3.80. The maximum atomic E-state index is 12.1. The van der Waals surface area contributed by atoms with Crippen LogP contribution in [0.5, 0.6) is 0 Å². The van der Waals surface area contributed by atoms with Gasteiger partial charge < -0.3 is 9.80 Å². The second-order valence-corrected chi connectivity index (χ2v) is 5.81. The van der Waals surface area contributed by atoms with Gasteiger partial charge in [-0.25, -0.2) is 0 Å². The highest BCUT2D eigenvalue weighted by molar-refractivity contribution is 7.09. The first-order valence-corrected chi connectivity index (χ1v) is 7.25.